The SMILES string of the molecule is C=CC1CO1.C=CC1COC(=O)O1.O=C=O.[Mo].[N-]=PP=NOOOC(=O)OO. The molecule has 0 bridgehead atoms. The molecule has 2 unspecified atom stereocenters. The number of cyclic esters (lactones) is 2. The molecule has 0 spiro atoms. The summed E-state index contributed by atoms with van der Waals surface area (Å²) in [6, 6.07) is 0. The van der Waals surface area contributed by atoms with Crippen molar-refractivity contribution < 1.29 is 79.5 Å². The average Bonchev–Trinajstić information content (AvgIpc) is 3.43. The van der Waals surface area contributed by atoms with Gasteiger partial charge in [0.2, 0.25) is 0 Å². The zero-order valence-corrected chi connectivity index (χ0v) is 17.6. The zero-order valence-electron chi connectivity index (χ0n) is 13.8. The van der Waals surface area contributed by atoms with Crippen molar-refractivity contribution in [2.24, 2.45) is 4.91 Å². The van der Waals surface area contributed by atoms with Gasteiger partial charge < -0.3 is 19.4 Å². The summed E-state index contributed by atoms with van der Waals surface area (Å²) in [6.07, 6.45) is 1.65. The van der Waals surface area contributed by atoms with Crippen molar-refractivity contribution in [3.05, 3.63) is 30.5 Å². The van der Waals surface area contributed by atoms with Gasteiger partial charge in [0.15, 0.2) is 6.10 Å². The van der Waals surface area contributed by atoms with Crippen LogP contribution in [0.15, 0.2) is 30.2 Å². The number of hydrogen-bond donors (Lipinski definition) is 1. The third kappa shape index (κ3) is 24.1. The van der Waals surface area contributed by atoms with E-state index in [1.165, 1.54) is 6.08 Å². The van der Waals surface area contributed by atoms with E-state index in [2.05, 4.69) is 47.3 Å². The molecule has 0 saturated carbocycles. The molecule has 28 heavy (non-hydrogen) atoms. The van der Waals surface area contributed by atoms with E-state index in [9.17, 15) is 9.59 Å². The van der Waals surface area contributed by atoms with Crippen LogP contribution in [0, 0.1) is 0 Å². The van der Waals surface area contributed by atoms with E-state index in [0.717, 1.165) is 6.61 Å². The van der Waals surface area contributed by atoms with E-state index >= 15 is 0 Å². The fourth-order valence-electron chi connectivity index (χ4n) is 0.753. The first kappa shape index (κ1) is 30.8. The van der Waals surface area contributed by atoms with E-state index in [1.54, 1.807) is 6.08 Å². The van der Waals surface area contributed by atoms with Gasteiger partial charge in [0.25, 0.3) is 0 Å². The number of nitrogens with zero attached hydrogens (tertiary/aromatic N) is 2. The fraction of sp³-hybridized carbons (Fsp3) is 0.364. The summed E-state index contributed by atoms with van der Waals surface area (Å²) < 4.78 is 13.7. The van der Waals surface area contributed by atoms with Crippen LogP contribution in [0.4, 0.5) is 9.59 Å². The first-order valence-electron chi connectivity index (χ1n) is 6.28. The van der Waals surface area contributed by atoms with Crippen LogP contribution in [0.25, 0.3) is 5.16 Å². The van der Waals surface area contributed by atoms with Gasteiger partial charge in [-0.1, -0.05) is 17.6 Å². The summed E-state index contributed by atoms with van der Waals surface area (Å²) in [6.45, 7) is 8.12. The third-order valence-corrected chi connectivity index (χ3v) is 2.49. The quantitative estimate of drug-likeness (QED) is 0.0784. The molecule has 0 aromatic heterocycles. The van der Waals surface area contributed by atoms with E-state index in [-0.39, 0.29) is 49.4 Å². The molecule has 2 heterocycles. The van der Waals surface area contributed by atoms with E-state index in [1.807, 2.05) is 0 Å². The van der Waals surface area contributed by atoms with Crippen molar-refractivity contribution in [1.29, 1.82) is 0 Å². The summed E-state index contributed by atoms with van der Waals surface area (Å²) >= 11 is 0. The first-order valence-corrected chi connectivity index (χ1v) is 8.68. The van der Waals surface area contributed by atoms with Gasteiger partial charge in [0.1, 0.15) is 6.61 Å². The van der Waals surface area contributed by atoms with Crippen LogP contribution in [0.3, 0.4) is 0 Å². The van der Waals surface area contributed by atoms with Gasteiger partial charge in [-0.2, -0.15) is 27.7 Å². The van der Waals surface area contributed by atoms with Crippen LogP contribution >= 0.6 is 16.1 Å². The molecule has 0 aromatic carbocycles. The van der Waals surface area contributed by atoms with Gasteiger partial charge in [0.05, 0.1) is 20.8 Å². The molecule has 1 N–H and O–H groups in total. The van der Waals surface area contributed by atoms with Crippen molar-refractivity contribution in [3.63, 3.8) is 0 Å². The summed E-state index contributed by atoms with van der Waals surface area (Å²) in [7, 11) is 0.0986. The van der Waals surface area contributed by atoms with E-state index in [4.69, 9.17) is 24.7 Å². The Kier molecular flexibility index (Phi) is 25.5. The van der Waals surface area contributed by atoms with Crippen LogP contribution in [-0.4, -0.2) is 49.1 Å². The number of carbonyl (C=O) groups excluding carboxylic acids is 4. The van der Waals surface area contributed by atoms with Crippen molar-refractivity contribution >= 4 is 34.6 Å². The first-order chi connectivity index (χ1) is 13.0. The molecule has 2 atom stereocenters. The second-order valence-electron chi connectivity index (χ2n) is 3.47. The van der Waals surface area contributed by atoms with Crippen LogP contribution in [-0.2, 0) is 64.7 Å². The van der Waals surface area contributed by atoms with Crippen molar-refractivity contribution in [3.8, 4) is 0 Å². The van der Waals surface area contributed by atoms with Crippen LogP contribution in [0.5, 0.6) is 0 Å². The maximum atomic E-state index is 10.1. The van der Waals surface area contributed by atoms with Crippen LogP contribution in [0.1, 0.15) is 0 Å². The van der Waals surface area contributed by atoms with Crippen LogP contribution < -0.4 is 0 Å². The minimum atomic E-state index is -1.50. The van der Waals surface area contributed by atoms with Crippen LogP contribution in [0.2, 0.25) is 0 Å². The van der Waals surface area contributed by atoms with E-state index < -0.39 is 12.3 Å². The Balaban J connectivity index is -0.000000321. The molecular formula is C11H13MoN2O12P2-. The smallest absolute Gasteiger partial charge is 0.575 e. The van der Waals surface area contributed by atoms with Gasteiger partial charge in [-0.05, 0) is 11.1 Å². The van der Waals surface area contributed by atoms with Gasteiger partial charge >= 0.3 is 18.5 Å². The Hall–Kier alpha value is -1.87. The van der Waals surface area contributed by atoms with E-state index in [0.29, 0.717) is 12.7 Å². The molecule has 156 valence electrons. The molecule has 2 saturated heterocycles. The zero-order chi connectivity index (χ0) is 20.9. The standard InChI is InChI=1S/C5H6O3.C4H6O.CHN2O6P2.CO2.Mo/c1-2-4-3-7-5(6)8-4;1-2-4-3-5-4;2-10-11-3-8-9-7-1(4)6-5;2-1-3;/h2,4H,1,3H2;2,4H,1,3H2;5H;;/q;;-1;;. The number of rotatable bonds is 6. The second-order valence-corrected chi connectivity index (χ2v) is 5.07. The normalized spacial score (nSPS) is 17.8. The third-order valence-electron chi connectivity index (χ3n) is 1.81. The molecule has 2 aliphatic rings. The maximum absolute atomic E-state index is 10.1. The van der Waals surface area contributed by atoms with Gasteiger partial charge in [0, 0.05) is 26.1 Å². The Morgan fingerprint density at radius 1 is 1.32 bits per heavy atom. The molecule has 17 heteroatoms. The predicted molar refractivity (Wildman–Crippen MR) is 83.4 cm³/mol. The molecule has 0 aliphatic carbocycles. The second kappa shape index (κ2) is 23.2. The topological polar surface area (TPSA) is 191 Å². The number of carbonyl (C=O) groups is 2. The van der Waals surface area contributed by atoms with Crippen molar-refractivity contribution in [1.82, 2.24) is 0 Å². The molecule has 0 amide bonds. The summed E-state index contributed by atoms with van der Waals surface area (Å²) in [5.74, 6) is 0. The van der Waals surface area contributed by atoms with Gasteiger partial charge in [-0.15, -0.1) is 6.58 Å². The Bertz CT molecular complexity index is 540. The minimum Gasteiger partial charge on any atom is -0.774 e. The average molecular weight is 523 g/mol. The molecule has 2 aliphatic heterocycles. The predicted octanol–water partition coefficient (Wildman–Crippen LogP) is 2.83. The minimum absolute atomic E-state index is 0. The van der Waals surface area contributed by atoms with Crippen molar-refractivity contribution in [2.75, 3.05) is 13.2 Å². The molecule has 2 fully saturated rings. The summed E-state index contributed by atoms with van der Waals surface area (Å²) in [5.41, 5.74) is 0. The molecule has 14 nitrogen and oxygen atoms in total. The number of hydrogen-bond acceptors (Lipinski definition) is 13. The molecule has 0 aromatic rings. The largest absolute Gasteiger partial charge is 0.774 e. The summed E-state index contributed by atoms with van der Waals surface area (Å²) in [5, 5.41) is 19.2. The molecule has 2 rings (SSSR count). The molecule has 0 radical (unpaired) electrons. The Labute approximate surface area is 175 Å². The maximum Gasteiger partial charge on any atom is 0.575 e. The van der Waals surface area contributed by atoms with Gasteiger partial charge in [-0.3, -0.25) is 4.89 Å². The fourth-order valence-corrected chi connectivity index (χ4v) is 1.03. The monoisotopic (exact) mass is 525 g/mol. The Morgan fingerprint density at radius 2 is 1.89 bits per heavy atom. The number of ether oxygens (including phenoxy) is 3. The Morgan fingerprint density at radius 3 is 2.18 bits per heavy atom. The van der Waals surface area contributed by atoms with Crippen molar-refractivity contribution in [2.45, 2.75) is 12.2 Å². The summed E-state index contributed by atoms with van der Waals surface area (Å²) in [4.78, 5) is 49.5. The number of epoxide rings is 1. The molecular weight excluding hydrogens is 510 g/mol. The van der Waals surface area contributed by atoms with Gasteiger partial charge in [-0.25, -0.2) is 9.68 Å².